The highest BCUT2D eigenvalue weighted by atomic mass is 35.5. The van der Waals surface area contributed by atoms with Crippen molar-refractivity contribution < 1.29 is 0 Å². The second kappa shape index (κ2) is 5.73. The van der Waals surface area contributed by atoms with Gasteiger partial charge in [-0.3, -0.25) is 0 Å². The number of hydrogen-bond donors (Lipinski definition) is 0. The van der Waals surface area contributed by atoms with E-state index in [0.29, 0.717) is 20.1 Å². The van der Waals surface area contributed by atoms with Crippen LogP contribution in [-0.2, 0) is 0 Å². The Bertz CT molecular complexity index is 464. The maximum absolute atomic E-state index is 5.93. The maximum atomic E-state index is 5.93. The lowest BCUT2D eigenvalue weighted by Gasteiger charge is -2.04. The van der Waals surface area contributed by atoms with Crippen LogP contribution in [0.15, 0.2) is 46.2 Å². The molecule has 5 heteroatoms. The predicted octanol–water partition coefficient (Wildman–Crippen LogP) is 6.45. The number of rotatable bonds is 2. The molecule has 0 atom stereocenters. The van der Waals surface area contributed by atoms with Crippen LogP contribution in [0, 0.1) is 0 Å². The maximum Gasteiger partial charge on any atom is 0.0432 e. The van der Waals surface area contributed by atoms with Gasteiger partial charge in [0, 0.05) is 29.9 Å². The molecule has 2 rings (SSSR count). The van der Waals surface area contributed by atoms with Crippen LogP contribution in [0.5, 0.6) is 0 Å². The fourth-order valence-electron chi connectivity index (χ4n) is 1.31. The summed E-state index contributed by atoms with van der Waals surface area (Å²) >= 11 is 25.2. The molecule has 2 aromatic carbocycles. The summed E-state index contributed by atoms with van der Waals surface area (Å²) in [4.78, 5) is 1.89. The van der Waals surface area contributed by atoms with Gasteiger partial charge in [0.25, 0.3) is 0 Å². The smallest absolute Gasteiger partial charge is 0.0432 e. The van der Waals surface area contributed by atoms with Crippen LogP contribution in [0.25, 0.3) is 0 Å². The fraction of sp³-hybridized carbons (Fsp3) is 0. The highest BCUT2D eigenvalue weighted by molar-refractivity contribution is 7.99. The Kier molecular flexibility index (Phi) is 4.51. The van der Waals surface area contributed by atoms with Crippen LogP contribution < -0.4 is 0 Å². The molecule has 0 nitrogen and oxygen atoms in total. The molecular weight excluding hydrogens is 318 g/mol. The van der Waals surface area contributed by atoms with Gasteiger partial charge in [-0.25, -0.2) is 0 Å². The zero-order chi connectivity index (χ0) is 12.4. The molecule has 17 heavy (non-hydrogen) atoms. The monoisotopic (exact) mass is 322 g/mol. The van der Waals surface area contributed by atoms with Crippen LogP contribution in [-0.4, -0.2) is 0 Å². The summed E-state index contributed by atoms with van der Waals surface area (Å²) in [5, 5.41) is 2.42. The van der Waals surface area contributed by atoms with Gasteiger partial charge in [-0.05, 0) is 36.4 Å². The lowest BCUT2D eigenvalue weighted by Crippen LogP contribution is -1.76. The third-order valence-corrected chi connectivity index (χ3v) is 3.72. The lowest BCUT2D eigenvalue weighted by molar-refractivity contribution is 1.41. The molecule has 0 unspecified atom stereocenters. The first-order valence-electron chi connectivity index (χ1n) is 4.63. The van der Waals surface area contributed by atoms with Crippen molar-refractivity contribution in [2.45, 2.75) is 9.79 Å². The molecule has 0 bridgehead atoms. The van der Waals surface area contributed by atoms with Crippen LogP contribution in [0.4, 0.5) is 0 Å². The first-order chi connectivity index (χ1) is 8.02. The van der Waals surface area contributed by atoms with E-state index in [-0.39, 0.29) is 0 Å². The van der Waals surface area contributed by atoms with Gasteiger partial charge in [-0.1, -0.05) is 58.2 Å². The van der Waals surface area contributed by atoms with Crippen molar-refractivity contribution in [2.24, 2.45) is 0 Å². The summed E-state index contributed by atoms with van der Waals surface area (Å²) in [7, 11) is 0. The van der Waals surface area contributed by atoms with E-state index < -0.39 is 0 Å². The topological polar surface area (TPSA) is 0 Å². The minimum Gasteiger partial charge on any atom is -0.0899 e. The second-order valence-corrected chi connectivity index (χ2v) is 6.21. The second-order valence-electron chi connectivity index (χ2n) is 3.31. The zero-order valence-electron chi connectivity index (χ0n) is 8.38. The van der Waals surface area contributed by atoms with E-state index in [9.17, 15) is 0 Å². The molecule has 0 spiro atoms. The van der Waals surface area contributed by atoms with Crippen LogP contribution in [0.2, 0.25) is 20.1 Å². The molecule has 0 aromatic heterocycles. The molecule has 88 valence electrons. The Hall–Kier alpha value is -0.0500. The molecule has 0 heterocycles. The van der Waals surface area contributed by atoms with Crippen molar-refractivity contribution in [2.75, 3.05) is 0 Å². The van der Waals surface area contributed by atoms with Gasteiger partial charge < -0.3 is 0 Å². The van der Waals surface area contributed by atoms with Gasteiger partial charge in [0.2, 0.25) is 0 Å². The van der Waals surface area contributed by atoms with Gasteiger partial charge in [0.1, 0.15) is 0 Å². The van der Waals surface area contributed by atoms with Crippen molar-refractivity contribution in [1.29, 1.82) is 0 Å². The average Bonchev–Trinajstić information content (AvgIpc) is 2.13. The van der Waals surface area contributed by atoms with E-state index in [2.05, 4.69) is 0 Å². The van der Waals surface area contributed by atoms with Crippen LogP contribution in [0.3, 0.4) is 0 Å². The van der Waals surface area contributed by atoms with E-state index in [4.69, 9.17) is 46.4 Å². The summed E-state index contributed by atoms with van der Waals surface area (Å²) in [5.74, 6) is 0. The number of halogens is 4. The average molecular weight is 324 g/mol. The molecule has 2 aromatic rings. The lowest BCUT2D eigenvalue weighted by atomic mass is 10.3. The quantitative estimate of drug-likeness (QED) is 0.611. The summed E-state index contributed by atoms with van der Waals surface area (Å²) in [6, 6.07) is 10.7. The summed E-state index contributed by atoms with van der Waals surface area (Å²) in [6.45, 7) is 0. The minimum atomic E-state index is 0.605. The summed E-state index contributed by atoms with van der Waals surface area (Å²) < 4.78 is 0. The van der Waals surface area contributed by atoms with Crippen molar-refractivity contribution in [3.05, 3.63) is 56.5 Å². The largest absolute Gasteiger partial charge is 0.0899 e. The minimum absolute atomic E-state index is 0.605. The molecule has 0 fully saturated rings. The van der Waals surface area contributed by atoms with E-state index in [1.54, 1.807) is 12.1 Å². The Labute approximate surface area is 124 Å². The highest BCUT2D eigenvalue weighted by Gasteiger charge is 2.03. The van der Waals surface area contributed by atoms with Gasteiger partial charge in [0.15, 0.2) is 0 Å². The van der Waals surface area contributed by atoms with E-state index >= 15 is 0 Å². The highest BCUT2D eigenvalue weighted by Crippen LogP contribution is 2.34. The SMILES string of the molecule is Clc1cc(Cl)cc(Sc2cc(Cl)cc(Cl)c2)c1. The molecule has 0 N–H and O–H groups in total. The van der Waals surface area contributed by atoms with Crippen molar-refractivity contribution in [1.82, 2.24) is 0 Å². The molecule has 0 radical (unpaired) electrons. The summed E-state index contributed by atoms with van der Waals surface area (Å²) in [6.07, 6.45) is 0. The first-order valence-corrected chi connectivity index (χ1v) is 6.96. The van der Waals surface area contributed by atoms with Gasteiger partial charge >= 0.3 is 0 Å². The normalized spacial score (nSPS) is 10.6. The van der Waals surface area contributed by atoms with Crippen molar-refractivity contribution in [3.8, 4) is 0 Å². The van der Waals surface area contributed by atoms with Gasteiger partial charge in [-0.15, -0.1) is 0 Å². The molecular formula is C12H6Cl4S. The van der Waals surface area contributed by atoms with E-state index in [0.717, 1.165) is 9.79 Å². The summed E-state index contributed by atoms with van der Waals surface area (Å²) in [5.41, 5.74) is 0. The number of benzene rings is 2. The molecule has 0 aliphatic heterocycles. The van der Waals surface area contributed by atoms with E-state index in [1.165, 1.54) is 11.8 Å². The molecule has 0 saturated carbocycles. The molecule has 0 amide bonds. The Morgan fingerprint density at radius 1 is 0.529 bits per heavy atom. The molecule has 0 aliphatic carbocycles. The van der Waals surface area contributed by atoms with E-state index in [1.807, 2.05) is 24.3 Å². The zero-order valence-corrected chi connectivity index (χ0v) is 12.2. The van der Waals surface area contributed by atoms with Gasteiger partial charge in [-0.2, -0.15) is 0 Å². The van der Waals surface area contributed by atoms with Crippen LogP contribution >= 0.6 is 58.2 Å². The Morgan fingerprint density at radius 3 is 1.12 bits per heavy atom. The third-order valence-electron chi connectivity index (χ3n) is 1.91. The predicted molar refractivity (Wildman–Crippen MR) is 77.0 cm³/mol. The third kappa shape index (κ3) is 3.97. The van der Waals surface area contributed by atoms with Crippen molar-refractivity contribution in [3.63, 3.8) is 0 Å². The standard InChI is InChI=1S/C12H6Cl4S/c13-7-1-8(14)4-11(3-7)17-12-5-9(15)2-10(16)6-12/h1-6H. The molecule has 0 saturated heterocycles. The Morgan fingerprint density at radius 2 is 0.824 bits per heavy atom. The van der Waals surface area contributed by atoms with Crippen molar-refractivity contribution >= 4 is 58.2 Å². The van der Waals surface area contributed by atoms with Crippen LogP contribution in [0.1, 0.15) is 0 Å². The Balaban J connectivity index is 2.31. The molecule has 0 aliphatic rings. The first kappa shape index (κ1) is 13.4. The fourth-order valence-corrected chi connectivity index (χ4v) is 3.64. The van der Waals surface area contributed by atoms with Gasteiger partial charge in [0.05, 0.1) is 0 Å². The number of hydrogen-bond acceptors (Lipinski definition) is 1.